The fourth-order valence-electron chi connectivity index (χ4n) is 2.88. The molecule has 2 nitrogen and oxygen atoms in total. The third kappa shape index (κ3) is 2.04. The van der Waals surface area contributed by atoms with E-state index in [0.29, 0.717) is 5.92 Å². The van der Waals surface area contributed by atoms with Crippen LogP contribution in [0.3, 0.4) is 0 Å². The van der Waals surface area contributed by atoms with Crippen LogP contribution in [0.4, 0.5) is 0 Å². The molecule has 0 saturated heterocycles. The van der Waals surface area contributed by atoms with Gasteiger partial charge in [0.25, 0.3) is 0 Å². The van der Waals surface area contributed by atoms with Crippen molar-refractivity contribution in [3.63, 3.8) is 0 Å². The summed E-state index contributed by atoms with van der Waals surface area (Å²) in [5.74, 6) is 1.42. The Bertz CT molecular complexity index is 482. The van der Waals surface area contributed by atoms with Crippen molar-refractivity contribution in [2.24, 2.45) is 0 Å². The summed E-state index contributed by atoms with van der Waals surface area (Å²) in [6.45, 7) is 0.248. The topological polar surface area (TPSA) is 29.5 Å². The van der Waals surface area contributed by atoms with E-state index in [1.54, 1.807) is 0 Å². The Labute approximate surface area is 112 Å². The van der Waals surface area contributed by atoms with Gasteiger partial charge in [0.1, 0.15) is 11.9 Å². The van der Waals surface area contributed by atoms with Crippen molar-refractivity contribution in [1.29, 1.82) is 0 Å². The fraction of sp³-hybridized carbons (Fsp3) is 0.467. The van der Waals surface area contributed by atoms with Crippen molar-refractivity contribution >= 4 is 11.6 Å². The number of fused-ring (bicyclic) bond motifs is 3. The van der Waals surface area contributed by atoms with Crippen LogP contribution in [0, 0.1) is 0 Å². The molecule has 1 aromatic rings. The van der Waals surface area contributed by atoms with Crippen molar-refractivity contribution in [1.82, 2.24) is 0 Å². The van der Waals surface area contributed by atoms with Crippen molar-refractivity contribution < 1.29 is 9.84 Å². The molecule has 2 atom stereocenters. The largest absolute Gasteiger partial charge is 0.489 e. The van der Waals surface area contributed by atoms with E-state index in [9.17, 15) is 0 Å². The normalized spacial score (nSPS) is 23.9. The molecule has 1 aliphatic heterocycles. The molecule has 1 N–H and O–H groups in total. The first-order chi connectivity index (χ1) is 8.79. The summed E-state index contributed by atoms with van der Waals surface area (Å²) < 4.78 is 6.06. The van der Waals surface area contributed by atoms with Gasteiger partial charge in [-0.1, -0.05) is 23.8 Å². The van der Waals surface area contributed by atoms with Crippen LogP contribution in [0.5, 0.6) is 5.75 Å². The lowest BCUT2D eigenvalue weighted by Crippen LogP contribution is -2.11. The van der Waals surface area contributed by atoms with Crippen LogP contribution in [0.25, 0.3) is 0 Å². The maximum absolute atomic E-state index is 8.86. The summed E-state index contributed by atoms with van der Waals surface area (Å²) in [5, 5.41) is 9.65. The number of benzene rings is 1. The quantitative estimate of drug-likeness (QED) is 0.667. The lowest BCUT2D eigenvalue weighted by Gasteiger charge is -2.10. The van der Waals surface area contributed by atoms with Crippen LogP contribution < -0.4 is 4.74 Å². The van der Waals surface area contributed by atoms with Crippen LogP contribution in [0.2, 0.25) is 5.02 Å². The molecule has 2 aliphatic rings. The molecule has 3 heteroatoms. The second-order valence-electron chi connectivity index (χ2n) is 5.01. The highest BCUT2D eigenvalue weighted by atomic mass is 35.5. The molecule has 1 aliphatic carbocycles. The highest BCUT2D eigenvalue weighted by Crippen LogP contribution is 2.46. The van der Waals surface area contributed by atoms with Gasteiger partial charge >= 0.3 is 0 Å². The SMILES string of the molecule is OCCCCc1cc(Cl)cc2c1O[C@@H]1CC=C[C@H]21. The van der Waals surface area contributed by atoms with E-state index in [0.717, 1.165) is 36.5 Å². The van der Waals surface area contributed by atoms with Crippen LogP contribution in [-0.2, 0) is 6.42 Å². The van der Waals surface area contributed by atoms with Gasteiger partial charge in [0.15, 0.2) is 0 Å². The minimum atomic E-state index is 0.248. The minimum Gasteiger partial charge on any atom is -0.489 e. The molecule has 1 heterocycles. The van der Waals surface area contributed by atoms with Crippen LogP contribution in [0.1, 0.15) is 36.3 Å². The lowest BCUT2D eigenvalue weighted by atomic mass is 9.95. The average Bonchev–Trinajstić information content (AvgIpc) is 2.91. The van der Waals surface area contributed by atoms with E-state index in [-0.39, 0.29) is 12.7 Å². The van der Waals surface area contributed by atoms with Gasteiger partial charge in [-0.2, -0.15) is 0 Å². The summed E-state index contributed by atoms with van der Waals surface area (Å²) in [5.41, 5.74) is 2.42. The average molecular weight is 265 g/mol. The molecule has 0 aromatic heterocycles. The molecule has 0 spiro atoms. The number of aliphatic hydroxyl groups is 1. The van der Waals surface area contributed by atoms with Crippen LogP contribution in [-0.4, -0.2) is 17.8 Å². The predicted molar refractivity (Wildman–Crippen MR) is 72.4 cm³/mol. The Balaban J connectivity index is 1.89. The van der Waals surface area contributed by atoms with E-state index in [2.05, 4.69) is 12.2 Å². The number of aliphatic hydroxyl groups excluding tert-OH is 1. The molecule has 0 bridgehead atoms. The molecular formula is C15H17ClO2. The van der Waals surface area contributed by atoms with E-state index in [1.807, 2.05) is 12.1 Å². The number of hydrogen-bond donors (Lipinski definition) is 1. The van der Waals surface area contributed by atoms with Crippen molar-refractivity contribution in [2.45, 2.75) is 37.7 Å². The second-order valence-corrected chi connectivity index (χ2v) is 5.45. The standard InChI is InChI=1S/C15H17ClO2/c16-11-8-10(4-1-2-7-17)15-13(9-11)12-5-3-6-14(12)18-15/h3,5,8-9,12,14,17H,1-2,4,6-7H2/t12-,14-/m1/s1. The molecule has 0 amide bonds. The van der Waals surface area contributed by atoms with E-state index < -0.39 is 0 Å². The highest BCUT2D eigenvalue weighted by molar-refractivity contribution is 6.30. The van der Waals surface area contributed by atoms with Gasteiger partial charge in [0.05, 0.1) is 0 Å². The number of unbranched alkanes of at least 4 members (excludes halogenated alkanes) is 1. The van der Waals surface area contributed by atoms with Gasteiger partial charge in [-0.25, -0.2) is 0 Å². The molecule has 3 rings (SSSR count). The molecule has 96 valence electrons. The first kappa shape index (κ1) is 12.1. The maximum Gasteiger partial charge on any atom is 0.127 e. The van der Waals surface area contributed by atoms with Gasteiger partial charge < -0.3 is 9.84 Å². The molecule has 0 fully saturated rings. The third-order valence-electron chi connectivity index (χ3n) is 3.75. The van der Waals surface area contributed by atoms with Crippen LogP contribution >= 0.6 is 11.6 Å². The van der Waals surface area contributed by atoms with Gasteiger partial charge in [-0.3, -0.25) is 0 Å². The maximum atomic E-state index is 8.86. The Morgan fingerprint density at radius 3 is 3.06 bits per heavy atom. The number of aryl methyl sites for hydroxylation is 1. The molecule has 1 aromatic carbocycles. The number of rotatable bonds is 4. The fourth-order valence-corrected chi connectivity index (χ4v) is 3.13. The first-order valence-corrected chi connectivity index (χ1v) is 6.94. The third-order valence-corrected chi connectivity index (χ3v) is 3.97. The Morgan fingerprint density at radius 1 is 1.33 bits per heavy atom. The van der Waals surface area contributed by atoms with Crippen molar-refractivity contribution in [3.05, 3.63) is 40.4 Å². The summed E-state index contributed by atoms with van der Waals surface area (Å²) in [6, 6.07) is 4.04. The van der Waals surface area contributed by atoms with E-state index in [1.165, 1.54) is 11.1 Å². The highest BCUT2D eigenvalue weighted by Gasteiger charge is 2.36. The van der Waals surface area contributed by atoms with Crippen molar-refractivity contribution in [2.75, 3.05) is 6.61 Å². The summed E-state index contributed by atoms with van der Waals surface area (Å²) in [6.07, 6.45) is 8.40. The zero-order valence-electron chi connectivity index (χ0n) is 10.2. The molecular weight excluding hydrogens is 248 g/mol. The first-order valence-electron chi connectivity index (χ1n) is 6.56. The van der Waals surface area contributed by atoms with Crippen molar-refractivity contribution in [3.8, 4) is 5.75 Å². The molecule has 0 radical (unpaired) electrons. The van der Waals surface area contributed by atoms with E-state index >= 15 is 0 Å². The summed E-state index contributed by atoms with van der Waals surface area (Å²) >= 11 is 6.20. The van der Waals surface area contributed by atoms with Gasteiger partial charge in [-0.15, -0.1) is 0 Å². The van der Waals surface area contributed by atoms with E-state index in [4.69, 9.17) is 21.4 Å². The monoisotopic (exact) mass is 264 g/mol. The minimum absolute atomic E-state index is 0.248. The Kier molecular flexibility index (Phi) is 3.31. The predicted octanol–water partition coefficient (Wildman–Crippen LogP) is 3.46. The van der Waals surface area contributed by atoms with Gasteiger partial charge in [0.2, 0.25) is 0 Å². The molecule has 0 unspecified atom stereocenters. The second kappa shape index (κ2) is 4.94. The summed E-state index contributed by atoms with van der Waals surface area (Å²) in [7, 11) is 0. The number of hydrogen-bond acceptors (Lipinski definition) is 2. The number of ether oxygens (including phenoxy) is 1. The lowest BCUT2D eigenvalue weighted by molar-refractivity contribution is 0.230. The zero-order valence-corrected chi connectivity index (χ0v) is 11.0. The molecule has 18 heavy (non-hydrogen) atoms. The number of halogens is 1. The molecule has 0 saturated carbocycles. The smallest absolute Gasteiger partial charge is 0.127 e. The summed E-state index contributed by atoms with van der Waals surface area (Å²) in [4.78, 5) is 0. The zero-order chi connectivity index (χ0) is 12.5. The Hall–Kier alpha value is -0.990. The Morgan fingerprint density at radius 2 is 2.22 bits per heavy atom. The van der Waals surface area contributed by atoms with Crippen LogP contribution in [0.15, 0.2) is 24.3 Å². The van der Waals surface area contributed by atoms with Gasteiger partial charge in [-0.05, 0) is 37.0 Å². The van der Waals surface area contributed by atoms with Gasteiger partial charge in [0, 0.05) is 29.5 Å².